The molecule has 130 valence electrons. The molecule has 0 unspecified atom stereocenters. The number of nitrogens with two attached hydrogens (primary N) is 1. The number of aromatic nitrogens is 1. The molecule has 1 aliphatic heterocycles. The number of hydrogen-bond acceptors (Lipinski definition) is 6. The van der Waals surface area contributed by atoms with Crippen LogP contribution in [0, 0.1) is 23.7 Å². The lowest BCUT2D eigenvalue weighted by Gasteiger charge is -2.23. The predicted octanol–water partition coefficient (Wildman–Crippen LogP) is 2.96. The third-order valence-electron chi connectivity index (χ3n) is 4.47. The van der Waals surface area contributed by atoms with Gasteiger partial charge in [-0.05, 0) is 44.5 Å². The summed E-state index contributed by atoms with van der Waals surface area (Å²) in [6.07, 6.45) is 3.39. The minimum atomic E-state index is -0.123. The number of hydrogen-bond donors (Lipinski definition) is 4. The maximum Gasteiger partial charge on any atom is 0.224 e. The number of piperidine rings is 1. The van der Waals surface area contributed by atoms with Crippen molar-refractivity contribution in [2.24, 2.45) is 5.92 Å². The molecule has 1 aromatic heterocycles. The second-order valence-corrected chi connectivity index (χ2v) is 6.34. The van der Waals surface area contributed by atoms with Gasteiger partial charge in [0.25, 0.3) is 0 Å². The SMILES string of the molecule is Cc1ccc(-c2cnc(N)c(C(=N)OC(=N)C3CCNCC3)c2)cc1. The first kappa shape index (κ1) is 17.1. The van der Waals surface area contributed by atoms with E-state index in [0.29, 0.717) is 5.56 Å². The van der Waals surface area contributed by atoms with E-state index >= 15 is 0 Å². The molecule has 0 aliphatic carbocycles. The summed E-state index contributed by atoms with van der Waals surface area (Å²) in [4.78, 5) is 4.20. The van der Waals surface area contributed by atoms with Crippen molar-refractivity contribution >= 4 is 17.6 Å². The van der Waals surface area contributed by atoms with Crippen LogP contribution < -0.4 is 11.1 Å². The first-order valence-corrected chi connectivity index (χ1v) is 8.43. The van der Waals surface area contributed by atoms with Crippen LogP contribution in [0.25, 0.3) is 11.1 Å². The van der Waals surface area contributed by atoms with Gasteiger partial charge in [0.2, 0.25) is 5.90 Å². The molecule has 0 amide bonds. The Hall–Kier alpha value is -2.73. The van der Waals surface area contributed by atoms with Crippen LogP contribution in [0.5, 0.6) is 0 Å². The van der Waals surface area contributed by atoms with Gasteiger partial charge >= 0.3 is 0 Å². The van der Waals surface area contributed by atoms with Gasteiger partial charge in [0.1, 0.15) is 5.82 Å². The smallest absolute Gasteiger partial charge is 0.224 e. The number of rotatable bonds is 3. The number of nitrogens with zero attached hydrogens (tertiary/aromatic N) is 1. The Morgan fingerprint density at radius 3 is 2.52 bits per heavy atom. The van der Waals surface area contributed by atoms with Crippen LogP contribution in [0.2, 0.25) is 0 Å². The van der Waals surface area contributed by atoms with Crippen molar-refractivity contribution in [3.05, 3.63) is 47.7 Å². The molecule has 1 saturated heterocycles. The van der Waals surface area contributed by atoms with E-state index in [1.165, 1.54) is 5.56 Å². The normalized spacial score (nSPS) is 14.9. The van der Waals surface area contributed by atoms with Crippen molar-refractivity contribution in [3.8, 4) is 11.1 Å². The molecular weight excluding hydrogens is 314 g/mol. The Kier molecular flexibility index (Phi) is 5.09. The van der Waals surface area contributed by atoms with Crippen molar-refractivity contribution in [1.29, 1.82) is 10.8 Å². The maximum atomic E-state index is 8.21. The van der Waals surface area contributed by atoms with E-state index in [1.54, 1.807) is 12.3 Å². The molecule has 0 atom stereocenters. The van der Waals surface area contributed by atoms with E-state index < -0.39 is 0 Å². The summed E-state index contributed by atoms with van der Waals surface area (Å²) in [6, 6.07) is 9.87. The summed E-state index contributed by atoms with van der Waals surface area (Å²) in [5.41, 5.74) is 9.39. The fourth-order valence-corrected chi connectivity index (χ4v) is 2.89. The number of nitrogens with one attached hydrogen (secondary N) is 3. The van der Waals surface area contributed by atoms with Crippen LogP contribution in [-0.4, -0.2) is 29.9 Å². The second kappa shape index (κ2) is 7.44. The summed E-state index contributed by atoms with van der Waals surface area (Å²) in [7, 11) is 0. The van der Waals surface area contributed by atoms with Gasteiger partial charge in [0.05, 0.1) is 5.56 Å². The Labute approximate surface area is 147 Å². The highest BCUT2D eigenvalue weighted by molar-refractivity contribution is 6.03. The lowest BCUT2D eigenvalue weighted by atomic mass is 9.98. The average molecular weight is 337 g/mol. The van der Waals surface area contributed by atoms with Crippen molar-refractivity contribution in [1.82, 2.24) is 10.3 Å². The van der Waals surface area contributed by atoms with Gasteiger partial charge in [0.15, 0.2) is 5.90 Å². The summed E-state index contributed by atoms with van der Waals surface area (Å²) in [6.45, 7) is 3.78. The number of nitrogen functional groups attached to an aromatic ring is 1. The van der Waals surface area contributed by atoms with E-state index in [-0.39, 0.29) is 23.5 Å². The highest BCUT2D eigenvalue weighted by Crippen LogP contribution is 2.23. The highest BCUT2D eigenvalue weighted by Gasteiger charge is 2.22. The monoisotopic (exact) mass is 337 g/mol. The van der Waals surface area contributed by atoms with Crippen LogP contribution in [0.15, 0.2) is 36.5 Å². The Morgan fingerprint density at radius 1 is 1.16 bits per heavy atom. The number of ether oxygens (including phenoxy) is 1. The lowest BCUT2D eigenvalue weighted by molar-refractivity contribution is 0.392. The van der Waals surface area contributed by atoms with Gasteiger partial charge in [-0.1, -0.05) is 29.8 Å². The van der Waals surface area contributed by atoms with Crippen LogP contribution in [0.4, 0.5) is 5.82 Å². The van der Waals surface area contributed by atoms with Crippen LogP contribution >= 0.6 is 0 Å². The molecular formula is C19H23N5O. The zero-order valence-corrected chi connectivity index (χ0v) is 14.3. The molecule has 1 fully saturated rings. The lowest BCUT2D eigenvalue weighted by Crippen LogP contribution is -2.33. The fraction of sp³-hybridized carbons (Fsp3) is 0.316. The topological polar surface area (TPSA) is 108 Å². The minimum absolute atomic E-state index is 0.0519. The summed E-state index contributed by atoms with van der Waals surface area (Å²) in [5.74, 6) is 0.296. The molecule has 0 saturated carbocycles. The minimum Gasteiger partial charge on any atom is -0.425 e. The van der Waals surface area contributed by atoms with Crippen LogP contribution in [0.1, 0.15) is 24.0 Å². The molecule has 6 nitrogen and oxygen atoms in total. The molecule has 0 bridgehead atoms. The van der Waals surface area contributed by atoms with E-state index in [0.717, 1.165) is 37.1 Å². The number of benzene rings is 1. The molecule has 1 aromatic carbocycles. The van der Waals surface area contributed by atoms with Crippen LogP contribution in [-0.2, 0) is 4.74 Å². The first-order valence-electron chi connectivity index (χ1n) is 8.43. The van der Waals surface area contributed by atoms with E-state index in [1.807, 2.05) is 31.2 Å². The van der Waals surface area contributed by atoms with Crippen molar-refractivity contribution in [2.45, 2.75) is 19.8 Å². The zero-order chi connectivity index (χ0) is 17.8. The molecule has 1 aliphatic rings. The quantitative estimate of drug-likeness (QED) is 0.510. The van der Waals surface area contributed by atoms with Gasteiger partial charge < -0.3 is 15.8 Å². The Bertz CT molecular complexity index is 779. The van der Waals surface area contributed by atoms with Crippen molar-refractivity contribution in [3.63, 3.8) is 0 Å². The Morgan fingerprint density at radius 2 is 1.84 bits per heavy atom. The van der Waals surface area contributed by atoms with Gasteiger partial charge in [-0.3, -0.25) is 10.8 Å². The molecule has 2 heterocycles. The van der Waals surface area contributed by atoms with Gasteiger partial charge in [-0.15, -0.1) is 0 Å². The largest absolute Gasteiger partial charge is 0.425 e. The van der Waals surface area contributed by atoms with E-state index in [9.17, 15) is 0 Å². The molecule has 0 spiro atoms. The van der Waals surface area contributed by atoms with Gasteiger partial charge in [-0.2, -0.15) is 0 Å². The molecule has 6 heteroatoms. The van der Waals surface area contributed by atoms with E-state index in [4.69, 9.17) is 21.3 Å². The highest BCUT2D eigenvalue weighted by atomic mass is 16.5. The number of aryl methyl sites for hydroxylation is 1. The van der Waals surface area contributed by atoms with Crippen molar-refractivity contribution < 1.29 is 4.74 Å². The van der Waals surface area contributed by atoms with Gasteiger partial charge in [0, 0.05) is 17.7 Å². The average Bonchev–Trinajstić information content (AvgIpc) is 2.63. The van der Waals surface area contributed by atoms with Gasteiger partial charge in [-0.25, -0.2) is 4.98 Å². The third-order valence-corrected chi connectivity index (χ3v) is 4.47. The Balaban J connectivity index is 1.78. The molecule has 0 radical (unpaired) electrons. The zero-order valence-electron chi connectivity index (χ0n) is 14.3. The number of pyridine rings is 1. The van der Waals surface area contributed by atoms with E-state index in [2.05, 4.69) is 10.3 Å². The standard InChI is InChI=1S/C19H23N5O/c1-12-2-4-13(5-3-12)15-10-16(17(20)24-11-15)19(22)25-18(21)14-6-8-23-9-7-14/h2-5,10-11,14,21-23H,6-9H2,1H3,(H2,20,24). The number of anilines is 1. The van der Waals surface area contributed by atoms with Crippen LogP contribution in [0.3, 0.4) is 0 Å². The third kappa shape index (κ3) is 4.03. The maximum absolute atomic E-state index is 8.21. The van der Waals surface area contributed by atoms with Crippen molar-refractivity contribution in [2.75, 3.05) is 18.8 Å². The second-order valence-electron chi connectivity index (χ2n) is 6.34. The summed E-state index contributed by atoms with van der Waals surface area (Å²) < 4.78 is 5.49. The first-order chi connectivity index (χ1) is 12.0. The molecule has 2 aromatic rings. The summed E-state index contributed by atoms with van der Waals surface area (Å²) in [5, 5.41) is 19.6. The summed E-state index contributed by atoms with van der Waals surface area (Å²) >= 11 is 0. The molecule has 25 heavy (non-hydrogen) atoms. The molecule has 3 rings (SSSR count). The molecule has 5 N–H and O–H groups in total. The fourth-order valence-electron chi connectivity index (χ4n) is 2.89. The predicted molar refractivity (Wildman–Crippen MR) is 100 cm³/mol.